The monoisotopic (exact) mass is 172 g/mol. The van der Waals surface area contributed by atoms with Gasteiger partial charge in [-0.15, -0.1) is 0 Å². The van der Waals surface area contributed by atoms with Crippen LogP contribution < -0.4 is 0 Å². The third-order valence-corrected chi connectivity index (χ3v) is 2.86. The van der Waals surface area contributed by atoms with Crippen LogP contribution in [0.2, 0.25) is 0 Å². The molecule has 0 saturated carbocycles. The van der Waals surface area contributed by atoms with Gasteiger partial charge in [-0.3, -0.25) is 0 Å². The Morgan fingerprint density at radius 2 is 2.42 bits per heavy atom. The van der Waals surface area contributed by atoms with Gasteiger partial charge >= 0.3 is 0 Å². The number of alkyl halides is 1. The van der Waals surface area contributed by atoms with E-state index < -0.39 is 24.0 Å². The van der Waals surface area contributed by atoms with Crippen LogP contribution in [0, 0.1) is 0 Å². The molecule has 0 unspecified atom stereocenters. The molecule has 1 aliphatic heterocycles. The molecule has 4 atom stereocenters. The molecule has 1 saturated heterocycles. The fourth-order valence-corrected chi connectivity index (χ4v) is 2.11. The highest BCUT2D eigenvalue weighted by molar-refractivity contribution is 5.26. The zero-order valence-corrected chi connectivity index (χ0v) is 7.25. The molecule has 2 nitrogen and oxygen atoms in total. The van der Waals surface area contributed by atoms with Gasteiger partial charge in [-0.1, -0.05) is 6.08 Å². The zero-order chi connectivity index (χ0) is 8.93. The second kappa shape index (κ2) is 2.30. The number of rotatable bonds is 0. The Kier molecular flexibility index (Phi) is 1.57. The molecule has 0 radical (unpaired) electrons. The maximum absolute atomic E-state index is 13.4. The highest BCUT2D eigenvalue weighted by Crippen LogP contribution is 2.43. The second-order valence-electron chi connectivity index (χ2n) is 3.77. The predicted octanol–water partition coefficient (Wildman–Crippen LogP) is 1.19. The molecule has 0 aromatic rings. The largest absolute Gasteiger partial charge is 0.383 e. The molecule has 12 heavy (non-hydrogen) atoms. The summed E-state index contributed by atoms with van der Waals surface area (Å²) in [6, 6.07) is 0. The first-order valence-electron chi connectivity index (χ1n) is 4.24. The van der Waals surface area contributed by atoms with Gasteiger partial charge in [0.2, 0.25) is 0 Å². The fourth-order valence-electron chi connectivity index (χ4n) is 2.11. The van der Waals surface area contributed by atoms with E-state index in [0.717, 1.165) is 5.57 Å². The number of halogens is 1. The highest BCUT2D eigenvalue weighted by Gasteiger charge is 2.57. The van der Waals surface area contributed by atoms with E-state index >= 15 is 0 Å². The van der Waals surface area contributed by atoms with E-state index in [9.17, 15) is 9.50 Å². The van der Waals surface area contributed by atoms with Crippen molar-refractivity contribution in [2.75, 3.05) is 0 Å². The van der Waals surface area contributed by atoms with Gasteiger partial charge in [-0.05, 0) is 19.4 Å². The van der Waals surface area contributed by atoms with Crippen molar-refractivity contribution in [3.05, 3.63) is 11.6 Å². The Hall–Kier alpha value is -0.410. The molecule has 2 rings (SSSR count). The summed E-state index contributed by atoms with van der Waals surface area (Å²) in [4.78, 5) is 0. The third kappa shape index (κ3) is 0.808. The van der Waals surface area contributed by atoms with Gasteiger partial charge in [-0.2, -0.15) is 0 Å². The molecular weight excluding hydrogens is 159 g/mol. The van der Waals surface area contributed by atoms with Gasteiger partial charge in [0.15, 0.2) is 6.17 Å². The summed E-state index contributed by atoms with van der Waals surface area (Å²) < 4.78 is 18.7. The van der Waals surface area contributed by atoms with Gasteiger partial charge in [0.1, 0.15) is 11.7 Å². The van der Waals surface area contributed by atoms with Crippen molar-refractivity contribution in [3.8, 4) is 0 Å². The Balaban J connectivity index is 2.31. The number of aliphatic hydroxyl groups is 1. The molecule has 2 aliphatic rings. The lowest BCUT2D eigenvalue weighted by Crippen LogP contribution is -2.42. The SMILES string of the molecule is CC1=CC[C@@]2(O)[C@@H]1O[C@@H](C)[C@@H]2F. The van der Waals surface area contributed by atoms with Crippen LogP contribution in [0.4, 0.5) is 4.39 Å². The van der Waals surface area contributed by atoms with Crippen molar-refractivity contribution in [2.45, 2.75) is 44.2 Å². The van der Waals surface area contributed by atoms with E-state index in [1.54, 1.807) is 6.92 Å². The Labute approximate surface area is 71.0 Å². The predicted molar refractivity (Wildman–Crippen MR) is 42.6 cm³/mol. The number of fused-ring (bicyclic) bond motifs is 1. The van der Waals surface area contributed by atoms with Crippen molar-refractivity contribution in [2.24, 2.45) is 0 Å². The van der Waals surface area contributed by atoms with E-state index in [0.29, 0.717) is 6.42 Å². The van der Waals surface area contributed by atoms with Gasteiger partial charge < -0.3 is 9.84 Å². The fraction of sp³-hybridized carbons (Fsp3) is 0.778. The zero-order valence-electron chi connectivity index (χ0n) is 7.25. The standard InChI is InChI=1S/C9H13FO2/c1-5-3-4-9(11)7(10)6(2)12-8(5)9/h3,6-8,11H,4H2,1-2H3/t6-,7-,8+,9-/m0/s1. The van der Waals surface area contributed by atoms with Crippen molar-refractivity contribution < 1.29 is 14.2 Å². The van der Waals surface area contributed by atoms with Crippen LogP contribution in [0.3, 0.4) is 0 Å². The Morgan fingerprint density at radius 3 is 3.00 bits per heavy atom. The first-order valence-corrected chi connectivity index (χ1v) is 4.24. The van der Waals surface area contributed by atoms with Gasteiger partial charge in [0.25, 0.3) is 0 Å². The molecule has 3 heteroatoms. The molecule has 68 valence electrons. The topological polar surface area (TPSA) is 29.5 Å². The second-order valence-corrected chi connectivity index (χ2v) is 3.77. The van der Waals surface area contributed by atoms with Crippen LogP contribution in [0.5, 0.6) is 0 Å². The van der Waals surface area contributed by atoms with Crippen LogP contribution >= 0.6 is 0 Å². The van der Waals surface area contributed by atoms with E-state index in [2.05, 4.69) is 0 Å². The van der Waals surface area contributed by atoms with Crippen LogP contribution in [0.25, 0.3) is 0 Å². The highest BCUT2D eigenvalue weighted by atomic mass is 19.1. The first kappa shape index (κ1) is 8.20. The maximum Gasteiger partial charge on any atom is 0.158 e. The van der Waals surface area contributed by atoms with Crippen LogP contribution in [0.15, 0.2) is 11.6 Å². The molecule has 1 fully saturated rings. The smallest absolute Gasteiger partial charge is 0.158 e. The molecule has 0 spiro atoms. The average Bonchev–Trinajstić information content (AvgIpc) is 2.42. The van der Waals surface area contributed by atoms with Crippen molar-refractivity contribution in [1.82, 2.24) is 0 Å². The van der Waals surface area contributed by atoms with Gasteiger partial charge in [0.05, 0.1) is 6.10 Å². The normalized spacial score (nSPS) is 52.3. The minimum Gasteiger partial charge on any atom is -0.383 e. The Morgan fingerprint density at radius 1 is 1.75 bits per heavy atom. The minimum absolute atomic E-state index is 0.384. The molecule has 0 bridgehead atoms. The van der Waals surface area contributed by atoms with E-state index in [1.165, 1.54) is 0 Å². The molecule has 1 heterocycles. The maximum atomic E-state index is 13.4. The quantitative estimate of drug-likeness (QED) is 0.556. The summed E-state index contributed by atoms with van der Waals surface area (Å²) in [5.74, 6) is 0. The molecule has 0 aromatic carbocycles. The summed E-state index contributed by atoms with van der Waals surface area (Å²) >= 11 is 0. The summed E-state index contributed by atoms with van der Waals surface area (Å²) in [7, 11) is 0. The molecular formula is C9H13FO2. The van der Waals surface area contributed by atoms with E-state index in [1.807, 2.05) is 13.0 Å². The first-order chi connectivity index (χ1) is 5.55. The van der Waals surface area contributed by atoms with Crippen molar-refractivity contribution >= 4 is 0 Å². The summed E-state index contributed by atoms with van der Waals surface area (Å²) in [5, 5.41) is 9.89. The number of hydrogen-bond donors (Lipinski definition) is 1. The summed E-state index contributed by atoms with van der Waals surface area (Å²) in [6.07, 6.45) is 0.0837. The lowest BCUT2D eigenvalue weighted by molar-refractivity contribution is -0.0310. The summed E-state index contributed by atoms with van der Waals surface area (Å²) in [6.45, 7) is 3.53. The number of hydrogen-bond acceptors (Lipinski definition) is 2. The third-order valence-electron chi connectivity index (χ3n) is 2.86. The number of ether oxygens (including phenoxy) is 1. The van der Waals surface area contributed by atoms with Crippen LogP contribution in [-0.2, 0) is 4.74 Å². The Bertz CT molecular complexity index is 239. The molecule has 0 amide bonds. The van der Waals surface area contributed by atoms with Gasteiger partial charge in [-0.25, -0.2) is 4.39 Å². The lowest BCUT2D eigenvalue weighted by atomic mass is 9.92. The van der Waals surface area contributed by atoms with E-state index in [-0.39, 0.29) is 0 Å². The summed E-state index contributed by atoms with van der Waals surface area (Å²) in [5.41, 5.74) is -0.326. The lowest BCUT2D eigenvalue weighted by Gasteiger charge is -2.23. The van der Waals surface area contributed by atoms with Crippen LogP contribution in [-0.4, -0.2) is 29.1 Å². The molecule has 1 N–H and O–H groups in total. The van der Waals surface area contributed by atoms with Crippen molar-refractivity contribution in [3.63, 3.8) is 0 Å². The average molecular weight is 172 g/mol. The molecule has 0 aromatic heterocycles. The molecule has 1 aliphatic carbocycles. The minimum atomic E-state index is -1.27. The van der Waals surface area contributed by atoms with Crippen molar-refractivity contribution in [1.29, 1.82) is 0 Å². The van der Waals surface area contributed by atoms with Crippen LogP contribution in [0.1, 0.15) is 20.3 Å². The van der Waals surface area contributed by atoms with Gasteiger partial charge in [0, 0.05) is 6.42 Å². The van der Waals surface area contributed by atoms with E-state index in [4.69, 9.17) is 4.74 Å².